The normalized spacial score (nSPS) is 26.6. The van der Waals surface area contributed by atoms with Crippen LogP contribution in [-0.2, 0) is 10.8 Å². The smallest absolute Gasteiger partial charge is 0.0604 e. The maximum absolute atomic E-state index is 12.6. The summed E-state index contributed by atoms with van der Waals surface area (Å²) in [6.07, 6.45) is 5.30. The molecule has 1 aromatic carbocycles. The molecule has 1 aliphatic rings. The van der Waals surface area contributed by atoms with E-state index in [9.17, 15) is 4.21 Å². The molecule has 1 aromatic rings. The van der Waals surface area contributed by atoms with Crippen molar-refractivity contribution in [3.8, 4) is 0 Å². The van der Waals surface area contributed by atoms with Gasteiger partial charge in [0.25, 0.3) is 0 Å². The Bertz CT molecular complexity index is 453. The highest BCUT2D eigenvalue weighted by Crippen LogP contribution is 2.28. The van der Waals surface area contributed by atoms with Crippen LogP contribution in [0.25, 0.3) is 0 Å². The van der Waals surface area contributed by atoms with Crippen molar-refractivity contribution in [2.45, 2.75) is 48.3 Å². The molecule has 1 saturated carbocycles. The van der Waals surface area contributed by atoms with Gasteiger partial charge in [-0.25, -0.2) is 0 Å². The van der Waals surface area contributed by atoms with E-state index in [-0.39, 0.29) is 11.3 Å². The first-order valence-electron chi connectivity index (χ1n) is 6.21. The van der Waals surface area contributed by atoms with Gasteiger partial charge in [0.2, 0.25) is 0 Å². The third-order valence-corrected chi connectivity index (χ3v) is 5.99. The molecule has 0 amide bonds. The van der Waals surface area contributed by atoms with Crippen LogP contribution in [0.1, 0.15) is 32.1 Å². The zero-order chi connectivity index (χ0) is 13.1. The highest BCUT2D eigenvalue weighted by molar-refractivity contribution is 7.85. The minimum atomic E-state index is -1.10. The Balaban J connectivity index is 2.21. The summed E-state index contributed by atoms with van der Waals surface area (Å²) >= 11 is 11.8. The van der Waals surface area contributed by atoms with E-state index >= 15 is 0 Å². The fraction of sp³-hybridized carbons (Fsp3) is 0.538. The molecule has 0 bridgehead atoms. The van der Waals surface area contributed by atoms with Crippen molar-refractivity contribution in [3.63, 3.8) is 0 Å². The zero-order valence-corrected chi connectivity index (χ0v) is 12.4. The summed E-state index contributed by atoms with van der Waals surface area (Å²) < 4.78 is 12.6. The molecule has 0 radical (unpaired) electrons. The van der Waals surface area contributed by atoms with Crippen molar-refractivity contribution in [1.29, 1.82) is 0 Å². The molecule has 0 aromatic heterocycles. The van der Waals surface area contributed by atoms with Crippen LogP contribution in [0, 0.1) is 0 Å². The SMILES string of the molecule is NC1CCCCCC1S(=O)c1ccc(Cl)c(Cl)c1. The summed E-state index contributed by atoms with van der Waals surface area (Å²) in [5.74, 6) is 0. The highest BCUT2D eigenvalue weighted by atomic mass is 35.5. The molecule has 2 rings (SSSR count). The second-order valence-electron chi connectivity index (χ2n) is 4.71. The molecular weight excluding hydrogens is 289 g/mol. The first-order chi connectivity index (χ1) is 8.59. The first kappa shape index (κ1) is 14.3. The van der Waals surface area contributed by atoms with Gasteiger partial charge in [0, 0.05) is 10.9 Å². The number of hydrogen-bond donors (Lipinski definition) is 1. The zero-order valence-electron chi connectivity index (χ0n) is 10.1. The van der Waals surface area contributed by atoms with Gasteiger partial charge in [-0.05, 0) is 31.0 Å². The number of halogens is 2. The molecule has 2 nitrogen and oxygen atoms in total. The maximum atomic E-state index is 12.6. The predicted molar refractivity (Wildman–Crippen MR) is 77.7 cm³/mol. The van der Waals surface area contributed by atoms with Crippen LogP contribution in [-0.4, -0.2) is 15.5 Å². The molecule has 3 unspecified atom stereocenters. The average Bonchev–Trinajstić information content (AvgIpc) is 2.56. The summed E-state index contributed by atoms with van der Waals surface area (Å²) in [7, 11) is -1.10. The van der Waals surface area contributed by atoms with E-state index < -0.39 is 10.8 Å². The molecule has 0 saturated heterocycles. The standard InChI is InChI=1S/C13H17Cl2NOS/c14-10-7-6-9(8-11(10)15)18(17)13-5-3-1-2-4-12(13)16/h6-8,12-13H,1-5,16H2. The third kappa shape index (κ3) is 3.27. The van der Waals surface area contributed by atoms with Crippen LogP contribution in [0.3, 0.4) is 0 Å². The Hall–Kier alpha value is -0.0900. The van der Waals surface area contributed by atoms with Crippen LogP contribution in [0.15, 0.2) is 23.1 Å². The minimum absolute atomic E-state index is 0.0165. The van der Waals surface area contributed by atoms with E-state index in [1.165, 1.54) is 6.42 Å². The Morgan fingerprint density at radius 3 is 2.56 bits per heavy atom. The van der Waals surface area contributed by atoms with Crippen LogP contribution in [0.4, 0.5) is 0 Å². The molecule has 5 heteroatoms. The van der Waals surface area contributed by atoms with Crippen molar-refractivity contribution >= 4 is 34.0 Å². The Kier molecular flexibility index (Phi) is 5.07. The van der Waals surface area contributed by atoms with Gasteiger partial charge in [-0.2, -0.15) is 0 Å². The van der Waals surface area contributed by atoms with Gasteiger partial charge < -0.3 is 5.73 Å². The largest absolute Gasteiger partial charge is 0.327 e. The second-order valence-corrected chi connectivity index (χ2v) is 7.20. The molecular formula is C13H17Cl2NOS. The lowest BCUT2D eigenvalue weighted by atomic mass is 10.1. The Labute approximate surface area is 120 Å². The number of nitrogens with two attached hydrogens (primary N) is 1. The van der Waals surface area contributed by atoms with E-state index in [0.717, 1.165) is 30.6 Å². The minimum Gasteiger partial charge on any atom is -0.327 e. The molecule has 100 valence electrons. The first-order valence-corrected chi connectivity index (χ1v) is 8.17. The average molecular weight is 306 g/mol. The van der Waals surface area contributed by atoms with E-state index in [0.29, 0.717) is 10.0 Å². The molecule has 0 spiro atoms. The second kappa shape index (κ2) is 6.38. The lowest BCUT2D eigenvalue weighted by Crippen LogP contribution is -2.36. The van der Waals surface area contributed by atoms with Crippen molar-refractivity contribution < 1.29 is 4.21 Å². The van der Waals surface area contributed by atoms with Gasteiger partial charge in [0.1, 0.15) is 0 Å². The van der Waals surface area contributed by atoms with Crippen LogP contribution in [0.2, 0.25) is 10.0 Å². The lowest BCUT2D eigenvalue weighted by molar-refractivity contribution is 0.575. The summed E-state index contributed by atoms with van der Waals surface area (Å²) in [6, 6.07) is 5.18. The predicted octanol–water partition coefficient (Wildman–Crippen LogP) is 3.76. The summed E-state index contributed by atoms with van der Waals surface area (Å²) in [5.41, 5.74) is 6.13. The van der Waals surface area contributed by atoms with E-state index in [2.05, 4.69) is 0 Å². The molecule has 0 heterocycles. The summed E-state index contributed by atoms with van der Waals surface area (Å²) in [6.45, 7) is 0. The van der Waals surface area contributed by atoms with E-state index in [4.69, 9.17) is 28.9 Å². The number of rotatable bonds is 2. The fourth-order valence-electron chi connectivity index (χ4n) is 2.34. The van der Waals surface area contributed by atoms with Gasteiger partial charge in [0.05, 0.1) is 26.1 Å². The van der Waals surface area contributed by atoms with Gasteiger partial charge >= 0.3 is 0 Å². The van der Waals surface area contributed by atoms with Crippen molar-refractivity contribution in [2.24, 2.45) is 5.73 Å². The van der Waals surface area contributed by atoms with E-state index in [1.54, 1.807) is 18.2 Å². The lowest BCUT2D eigenvalue weighted by Gasteiger charge is -2.20. The quantitative estimate of drug-likeness (QED) is 0.845. The third-order valence-electron chi connectivity index (χ3n) is 3.40. The maximum Gasteiger partial charge on any atom is 0.0604 e. The molecule has 1 fully saturated rings. The molecule has 1 aliphatic carbocycles. The van der Waals surface area contributed by atoms with Gasteiger partial charge in [-0.15, -0.1) is 0 Å². The fourth-order valence-corrected chi connectivity index (χ4v) is 4.33. The van der Waals surface area contributed by atoms with Gasteiger partial charge in [0.15, 0.2) is 0 Å². The van der Waals surface area contributed by atoms with Crippen LogP contribution < -0.4 is 5.73 Å². The van der Waals surface area contributed by atoms with Crippen molar-refractivity contribution in [3.05, 3.63) is 28.2 Å². The van der Waals surface area contributed by atoms with Gasteiger partial charge in [-0.1, -0.05) is 42.5 Å². The molecule has 3 atom stereocenters. The van der Waals surface area contributed by atoms with Gasteiger partial charge in [-0.3, -0.25) is 4.21 Å². The summed E-state index contributed by atoms with van der Waals surface area (Å²) in [5, 5.41) is 0.969. The van der Waals surface area contributed by atoms with Crippen molar-refractivity contribution in [2.75, 3.05) is 0 Å². The number of hydrogen-bond acceptors (Lipinski definition) is 2. The Morgan fingerprint density at radius 1 is 1.11 bits per heavy atom. The number of benzene rings is 1. The van der Waals surface area contributed by atoms with Crippen molar-refractivity contribution in [1.82, 2.24) is 0 Å². The topological polar surface area (TPSA) is 43.1 Å². The monoisotopic (exact) mass is 305 g/mol. The van der Waals surface area contributed by atoms with Crippen LogP contribution >= 0.6 is 23.2 Å². The molecule has 2 N–H and O–H groups in total. The Morgan fingerprint density at radius 2 is 1.83 bits per heavy atom. The summed E-state index contributed by atoms with van der Waals surface area (Å²) in [4.78, 5) is 0.728. The highest BCUT2D eigenvalue weighted by Gasteiger charge is 2.27. The van der Waals surface area contributed by atoms with Crippen LogP contribution in [0.5, 0.6) is 0 Å². The molecule has 0 aliphatic heterocycles. The van der Waals surface area contributed by atoms with E-state index in [1.807, 2.05) is 0 Å². The molecule has 18 heavy (non-hydrogen) atoms.